The average molecular weight is 586 g/mol. The maximum Gasteiger partial charge on any atom is 0.307 e. The van der Waals surface area contributed by atoms with Crippen LogP contribution in [0.5, 0.6) is 11.5 Å². The van der Waals surface area contributed by atoms with Gasteiger partial charge < -0.3 is 13.9 Å². The summed E-state index contributed by atoms with van der Waals surface area (Å²) in [4.78, 5) is 13.6. The number of hydrazone groups is 1. The fourth-order valence-corrected chi connectivity index (χ4v) is 4.59. The summed E-state index contributed by atoms with van der Waals surface area (Å²) < 4.78 is 17.8. The fraction of sp³-hybridized carbons (Fsp3) is 0.111. The molecule has 0 bridgehead atoms. The van der Waals surface area contributed by atoms with Crippen molar-refractivity contribution in [2.45, 2.75) is 17.3 Å². The van der Waals surface area contributed by atoms with E-state index < -0.39 is 5.91 Å². The van der Waals surface area contributed by atoms with Crippen LogP contribution in [0.15, 0.2) is 97.7 Å². The van der Waals surface area contributed by atoms with Gasteiger partial charge in [0.25, 0.3) is 0 Å². The Bertz CT molecular complexity index is 1360. The van der Waals surface area contributed by atoms with Crippen LogP contribution in [0.1, 0.15) is 27.4 Å². The zero-order valence-corrected chi connectivity index (χ0v) is 22.4. The van der Waals surface area contributed by atoms with Crippen LogP contribution in [0.4, 0.5) is 0 Å². The van der Waals surface area contributed by atoms with Crippen LogP contribution in [-0.4, -0.2) is 19.2 Å². The van der Waals surface area contributed by atoms with Crippen LogP contribution in [0.2, 0.25) is 5.02 Å². The van der Waals surface area contributed by atoms with Crippen molar-refractivity contribution in [1.82, 2.24) is 5.43 Å². The fourth-order valence-electron chi connectivity index (χ4n) is 3.16. The number of amides is 1. The Hall–Kier alpha value is -3.20. The van der Waals surface area contributed by atoms with E-state index in [0.717, 1.165) is 10.5 Å². The Kier molecular flexibility index (Phi) is 9.11. The largest absolute Gasteiger partial charge is 0.493 e. The molecule has 4 rings (SSSR count). The predicted octanol–water partition coefficient (Wildman–Crippen LogP) is 7.34. The maximum absolute atomic E-state index is 12.4. The first-order chi connectivity index (χ1) is 17.5. The Morgan fingerprint density at radius 1 is 1.08 bits per heavy atom. The number of hydrogen-bond donors (Lipinski definition) is 1. The zero-order valence-electron chi connectivity index (χ0n) is 19.2. The highest BCUT2D eigenvalue weighted by molar-refractivity contribution is 9.10. The number of benzene rings is 3. The molecule has 1 heterocycles. The van der Waals surface area contributed by atoms with Crippen molar-refractivity contribution in [3.8, 4) is 11.5 Å². The minimum Gasteiger partial charge on any atom is -0.493 e. The summed E-state index contributed by atoms with van der Waals surface area (Å²) in [5, 5.41) is 4.69. The Morgan fingerprint density at radius 3 is 2.64 bits per heavy atom. The molecule has 1 N–H and O–H groups in total. The third-order valence-electron chi connectivity index (χ3n) is 5.00. The third-order valence-corrected chi connectivity index (χ3v) is 7.09. The summed E-state index contributed by atoms with van der Waals surface area (Å²) in [7, 11) is 1.55. The van der Waals surface area contributed by atoms with E-state index in [2.05, 4.69) is 26.5 Å². The maximum atomic E-state index is 12.4. The lowest BCUT2D eigenvalue weighted by atomic mass is 10.2. The molecule has 0 radical (unpaired) electrons. The summed E-state index contributed by atoms with van der Waals surface area (Å²) in [6.45, 7) is 0.293. The molecule has 0 saturated carbocycles. The Labute approximate surface area is 226 Å². The van der Waals surface area contributed by atoms with Gasteiger partial charge in [-0.3, -0.25) is 4.79 Å². The van der Waals surface area contributed by atoms with E-state index in [-0.39, 0.29) is 5.76 Å². The first kappa shape index (κ1) is 25.9. The summed E-state index contributed by atoms with van der Waals surface area (Å²) in [6, 6.07) is 24.4. The summed E-state index contributed by atoms with van der Waals surface area (Å²) in [5.74, 6) is 2.14. The normalized spacial score (nSPS) is 11.0. The number of halogens is 2. The van der Waals surface area contributed by atoms with E-state index in [9.17, 15) is 4.79 Å². The topological polar surface area (TPSA) is 73.1 Å². The molecule has 0 saturated heterocycles. The zero-order chi connectivity index (χ0) is 25.3. The molecule has 0 fully saturated rings. The number of hydrogen-bond acceptors (Lipinski definition) is 6. The highest BCUT2D eigenvalue weighted by Crippen LogP contribution is 2.34. The predicted molar refractivity (Wildman–Crippen MR) is 146 cm³/mol. The van der Waals surface area contributed by atoms with Crippen molar-refractivity contribution < 1.29 is 18.7 Å². The number of thioether (sulfide) groups is 1. The van der Waals surface area contributed by atoms with Gasteiger partial charge in [-0.15, -0.1) is 11.8 Å². The molecule has 1 amide bonds. The monoisotopic (exact) mass is 584 g/mol. The number of carbonyl (C=O) groups is 1. The van der Waals surface area contributed by atoms with Crippen LogP contribution in [0, 0.1) is 0 Å². The highest BCUT2D eigenvalue weighted by Gasteiger charge is 2.13. The standard InChI is InChI=1S/C27H22BrClN2O4S/c1-33-25-13-19(22(28)14-26(25)34-16-18-7-5-6-10-23(18)29)15-30-31-27(32)24-12-11-20(35-24)17-36-21-8-3-2-4-9-21/h2-15H,16-17H2,1H3,(H,31,32)/b30-15-. The molecular formula is C27H22BrClN2O4S. The summed E-state index contributed by atoms with van der Waals surface area (Å²) in [6.07, 6.45) is 1.51. The van der Waals surface area contributed by atoms with Gasteiger partial charge in [0.05, 0.1) is 19.1 Å². The van der Waals surface area contributed by atoms with Gasteiger partial charge in [0, 0.05) is 25.5 Å². The van der Waals surface area contributed by atoms with E-state index >= 15 is 0 Å². The second kappa shape index (κ2) is 12.7. The third kappa shape index (κ3) is 6.94. The quantitative estimate of drug-likeness (QED) is 0.120. The average Bonchev–Trinajstić information content (AvgIpc) is 3.38. The van der Waals surface area contributed by atoms with Gasteiger partial charge in [-0.25, -0.2) is 5.43 Å². The molecule has 1 aromatic heterocycles. The second-order valence-corrected chi connectivity index (χ2v) is 9.78. The summed E-state index contributed by atoms with van der Waals surface area (Å²) >= 11 is 11.4. The molecule has 0 unspecified atom stereocenters. The van der Waals surface area contributed by atoms with E-state index in [4.69, 9.17) is 25.5 Å². The molecule has 184 valence electrons. The molecule has 0 aliphatic rings. The number of nitrogens with one attached hydrogen (secondary N) is 1. The minimum atomic E-state index is -0.440. The smallest absolute Gasteiger partial charge is 0.307 e. The highest BCUT2D eigenvalue weighted by atomic mass is 79.9. The van der Waals surface area contributed by atoms with Gasteiger partial charge in [0.15, 0.2) is 17.3 Å². The first-order valence-electron chi connectivity index (χ1n) is 10.9. The summed E-state index contributed by atoms with van der Waals surface area (Å²) in [5.41, 5.74) is 4.05. The van der Waals surface area contributed by atoms with Crippen molar-refractivity contribution in [1.29, 1.82) is 0 Å². The van der Waals surface area contributed by atoms with Crippen LogP contribution < -0.4 is 14.9 Å². The van der Waals surface area contributed by atoms with Gasteiger partial charge >= 0.3 is 5.91 Å². The van der Waals surface area contributed by atoms with Crippen LogP contribution in [0.3, 0.4) is 0 Å². The van der Waals surface area contributed by atoms with Gasteiger partial charge in [-0.2, -0.15) is 5.10 Å². The van der Waals surface area contributed by atoms with Gasteiger partial charge in [-0.05, 0) is 58.4 Å². The van der Waals surface area contributed by atoms with Crippen molar-refractivity contribution in [3.05, 3.63) is 111 Å². The molecule has 4 aromatic rings. The van der Waals surface area contributed by atoms with Crippen molar-refractivity contribution in [3.63, 3.8) is 0 Å². The second-order valence-electron chi connectivity index (χ2n) is 7.47. The number of furan rings is 1. The molecular weight excluding hydrogens is 564 g/mol. The van der Waals surface area contributed by atoms with E-state index in [1.807, 2.05) is 54.6 Å². The lowest BCUT2D eigenvalue weighted by Gasteiger charge is -2.13. The van der Waals surface area contributed by atoms with Crippen LogP contribution in [-0.2, 0) is 12.4 Å². The van der Waals surface area contributed by atoms with Crippen molar-refractivity contribution >= 4 is 51.4 Å². The number of carbonyl (C=O) groups excluding carboxylic acids is 1. The van der Waals surface area contributed by atoms with Gasteiger partial charge in [0.2, 0.25) is 0 Å². The molecule has 0 spiro atoms. The molecule has 6 nitrogen and oxygen atoms in total. The van der Waals surface area contributed by atoms with Crippen molar-refractivity contribution in [2.75, 3.05) is 7.11 Å². The number of ether oxygens (including phenoxy) is 2. The van der Waals surface area contributed by atoms with E-state index in [0.29, 0.717) is 44.7 Å². The molecule has 36 heavy (non-hydrogen) atoms. The van der Waals surface area contributed by atoms with Crippen LogP contribution >= 0.6 is 39.3 Å². The first-order valence-corrected chi connectivity index (χ1v) is 13.0. The van der Waals surface area contributed by atoms with Gasteiger partial charge in [-0.1, -0.05) is 48.0 Å². The molecule has 3 aromatic carbocycles. The number of methoxy groups -OCH3 is 1. The molecule has 0 atom stereocenters. The van der Waals surface area contributed by atoms with Crippen LogP contribution in [0.25, 0.3) is 0 Å². The lowest BCUT2D eigenvalue weighted by Crippen LogP contribution is -2.16. The van der Waals surface area contributed by atoms with E-state index in [1.165, 1.54) is 6.21 Å². The van der Waals surface area contributed by atoms with E-state index in [1.54, 1.807) is 43.1 Å². The lowest BCUT2D eigenvalue weighted by molar-refractivity contribution is 0.0926. The Balaban J connectivity index is 1.35. The number of rotatable bonds is 10. The molecule has 9 heteroatoms. The van der Waals surface area contributed by atoms with Gasteiger partial charge in [0.1, 0.15) is 12.4 Å². The van der Waals surface area contributed by atoms with Crippen molar-refractivity contribution in [2.24, 2.45) is 5.10 Å². The minimum absolute atomic E-state index is 0.191. The molecule has 0 aliphatic heterocycles. The SMILES string of the molecule is COc1cc(/C=N\NC(=O)c2ccc(CSc3ccccc3)o2)c(Br)cc1OCc1ccccc1Cl. The molecule has 0 aliphatic carbocycles. The number of nitrogens with zero attached hydrogens (tertiary/aromatic N) is 1. The Morgan fingerprint density at radius 2 is 1.86 bits per heavy atom.